The summed E-state index contributed by atoms with van der Waals surface area (Å²) < 4.78 is 32.7. The molecule has 1 saturated carbocycles. The number of nitrogens with zero attached hydrogens (tertiary/aromatic N) is 2. The maximum atomic E-state index is 13.7. The van der Waals surface area contributed by atoms with Crippen LogP contribution in [-0.4, -0.2) is 26.8 Å². The van der Waals surface area contributed by atoms with Crippen LogP contribution in [0.25, 0.3) is 0 Å². The summed E-state index contributed by atoms with van der Waals surface area (Å²) in [6.45, 7) is 1.71. The fraction of sp³-hybridized carbons (Fsp3) is 0.500. The molecule has 0 atom stereocenters. The third kappa shape index (κ3) is 3.42. The normalized spacial score (nSPS) is 14.2. The molecule has 0 saturated heterocycles. The van der Waals surface area contributed by atoms with Gasteiger partial charge < -0.3 is 9.64 Å². The number of ether oxygens (including phenoxy) is 1. The molecule has 19 heavy (non-hydrogen) atoms. The van der Waals surface area contributed by atoms with Crippen molar-refractivity contribution in [1.82, 2.24) is 0 Å². The molecule has 0 heterocycles. The Morgan fingerprint density at radius 2 is 2.11 bits per heavy atom. The molecule has 0 spiro atoms. The SMILES string of the molecule is CN(CCOCC1CC1)c1ccc(C#N)c(F)c1F. The van der Waals surface area contributed by atoms with Gasteiger partial charge in [0.1, 0.15) is 6.07 Å². The van der Waals surface area contributed by atoms with Crippen LogP contribution in [0.2, 0.25) is 0 Å². The number of anilines is 1. The van der Waals surface area contributed by atoms with Crippen LogP contribution < -0.4 is 4.90 Å². The van der Waals surface area contributed by atoms with Crippen molar-refractivity contribution in [2.75, 3.05) is 31.7 Å². The molecule has 1 aliphatic rings. The summed E-state index contributed by atoms with van der Waals surface area (Å²) >= 11 is 0. The van der Waals surface area contributed by atoms with Gasteiger partial charge in [0.05, 0.1) is 17.9 Å². The maximum Gasteiger partial charge on any atom is 0.183 e. The number of likely N-dealkylation sites (N-methyl/N-ethyl adjacent to an activating group) is 1. The molecular formula is C14H16F2N2O. The molecule has 102 valence electrons. The smallest absolute Gasteiger partial charge is 0.183 e. The van der Waals surface area contributed by atoms with Gasteiger partial charge in [-0.05, 0) is 30.9 Å². The van der Waals surface area contributed by atoms with E-state index in [9.17, 15) is 8.78 Å². The van der Waals surface area contributed by atoms with Gasteiger partial charge in [0.15, 0.2) is 11.6 Å². The third-order valence-electron chi connectivity index (χ3n) is 3.22. The highest BCUT2D eigenvalue weighted by atomic mass is 19.2. The Balaban J connectivity index is 1.92. The largest absolute Gasteiger partial charge is 0.379 e. The first kappa shape index (κ1) is 13.8. The van der Waals surface area contributed by atoms with Gasteiger partial charge in [0, 0.05) is 20.2 Å². The van der Waals surface area contributed by atoms with Crippen molar-refractivity contribution >= 4 is 5.69 Å². The van der Waals surface area contributed by atoms with Crippen LogP contribution in [0.3, 0.4) is 0 Å². The lowest BCUT2D eigenvalue weighted by atomic mass is 10.2. The summed E-state index contributed by atoms with van der Waals surface area (Å²) in [7, 11) is 1.67. The highest BCUT2D eigenvalue weighted by molar-refractivity contribution is 5.51. The summed E-state index contributed by atoms with van der Waals surface area (Å²) in [6, 6.07) is 4.32. The Kier molecular flexibility index (Phi) is 4.33. The lowest BCUT2D eigenvalue weighted by Gasteiger charge is -2.20. The molecule has 0 aromatic heterocycles. The zero-order valence-corrected chi connectivity index (χ0v) is 10.8. The topological polar surface area (TPSA) is 36.3 Å². The van der Waals surface area contributed by atoms with E-state index in [2.05, 4.69) is 0 Å². The lowest BCUT2D eigenvalue weighted by Crippen LogP contribution is -2.24. The molecule has 0 aliphatic heterocycles. The number of halogens is 2. The minimum Gasteiger partial charge on any atom is -0.379 e. The quantitative estimate of drug-likeness (QED) is 0.743. The van der Waals surface area contributed by atoms with E-state index in [1.165, 1.54) is 25.0 Å². The maximum absolute atomic E-state index is 13.7. The Bertz CT molecular complexity index is 495. The summed E-state index contributed by atoms with van der Waals surface area (Å²) in [5, 5.41) is 8.61. The van der Waals surface area contributed by atoms with Crippen LogP contribution in [0.15, 0.2) is 12.1 Å². The van der Waals surface area contributed by atoms with Crippen LogP contribution >= 0.6 is 0 Å². The van der Waals surface area contributed by atoms with E-state index in [1.54, 1.807) is 18.0 Å². The summed E-state index contributed by atoms with van der Waals surface area (Å²) in [5.41, 5.74) is -0.133. The number of benzene rings is 1. The molecule has 0 bridgehead atoms. The molecule has 0 radical (unpaired) electrons. The van der Waals surface area contributed by atoms with Crippen molar-refractivity contribution in [1.29, 1.82) is 5.26 Å². The second kappa shape index (κ2) is 5.98. The molecule has 1 aromatic carbocycles. The van der Waals surface area contributed by atoms with Gasteiger partial charge in [-0.1, -0.05) is 0 Å². The Morgan fingerprint density at radius 3 is 2.74 bits per heavy atom. The second-order valence-corrected chi connectivity index (χ2v) is 4.81. The van der Waals surface area contributed by atoms with E-state index in [4.69, 9.17) is 10.00 Å². The molecule has 1 aliphatic carbocycles. The average molecular weight is 266 g/mol. The van der Waals surface area contributed by atoms with Gasteiger partial charge in [-0.3, -0.25) is 0 Å². The van der Waals surface area contributed by atoms with E-state index in [0.29, 0.717) is 19.1 Å². The third-order valence-corrected chi connectivity index (χ3v) is 3.22. The van der Waals surface area contributed by atoms with Gasteiger partial charge in [-0.25, -0.2) is 8.78 Å². The Labute approximate surface area is 111 Å². The first-order valence-corrected chi connectivity index (χ1v) is 6.30. The number of nitriles is 1. The summed E-state index contributed by atoms with van der Waals surface area (Å²) in [6.07, 6.45) is 2.45. The van der Waals surface area contributed by atoms with Crippen molar-refractivity contribution < 1.29 is 13.5 Å². The van der Waals surface area contributed by atoms with Gasteiger partial charge in [-0.15, -0.1) is 0 Å². The molecule has 1 fully saturated rings. The van der Waals surface area contributed by atoms with E-state index in [1.807, 2.05) is 0 Å². The van der Waals surface area contributed by atoms with E-state index in [0.717, 1.165) is 6.61 Å². The minimum absolute atomic E-state index is 0.145. The predicted octanol–water partition coefficient (Wildman–Crippen LogP) is 2.70. The van der Waals surface area contributed by atoms with Crippen LogP contribution in [0, 0.1) is 28.9 Å². The van der Waals surface area contributed by atoms with Crippen molar-refractivity contribution in [2.45, 2.75) is 12.8 Å². The van der Waals surface area contributed by atoms with Gasteiger partial charge >= 0.3 is 0 Å². The monoisotopic (exact) mass is 266 g/mol. The molecule has 5 heteroatoms. The number of rotatable bonds is 6. The molecule has 0 unspecified atom stereocenters. The van der Waals surface area contributed by atoms with Gasteiger partial charge in [0.2, 0.25) is 0 Å². The van der Waals surface area contributed by atoms with E-state index < -0.39 is 11.6 Å². The minimum atomic E-state index is -1.09. The van der Waals surface area contributed by atoms with Crippen molar-refractivity contribution in [3.05, 3.63) is 29.3 Å². The fourth-order valence-electron chi connectivity index (χ4n) is 1.78. The molecular weight excluding hydrogens is 250 g/mol. The molecule has 1 aromatic rings. The van der Waals surface area contributed by atoms with Gasteiger partial charge in [0.25, 0.3) is 0 Å². The molecule has 0 N–H and O–H groups in total. The molecule has 0 amide bonds. The van der Waals surface area contributed by atoms with Crippen molar-refractivity contribution in [3.8, 4) is 6.07 Å². The van der Waals surface area contributed by atoms with E-state index >= 15 is 0 Å². The van der Waals surface area contributed by atoms with Crippen molar-refractivity contribution in [3.63, 3.8) is 0 Å². The van der Waals surface area contributed by atoms with Crippen LogP contribution in [-0.2, 0) is 4.74 Å². The average Bonchev–Trinajstić information content (AvgIpc) is 3.21. The molecule has 3 nitrogen and oxygen atoms in total. The zero-order chi connectivity index (χ0) is 13.8. The Morgan fingerprint density at radius 1 is 1.37 bits per heavy atom. The highest BCUT2D eigenvalue weighted by Gasteiger charge is 2.21. The fourth-order valence-corrected chi connectivity index (χ4v) is 1.78. The summed E-state index contributed by atoms with van der Waals surface area (Å²) in [5.74, 6) is -1.39. The second-order valence-electron chi connectivity index (χ2n) is 4.81. The highest BCUT2D eigenvalue weighted by Crippen LogP contribution is 2.28. The van der Waals surface area contributed by atoms with Crippen LogP contribution in [0.1, 0.15) is 18.4 Å². The standard InChI is InChI=1S/C14H16F2N2O/c1-18(6-7-19-9-10-2-3-10)12-5-4-11(8-17)13(15)14(12)16/h4-5,10H,2-3,6-7,9H2,1H3. The predicted molar refractivity (Wildman–Crippen MR) is 67.9 cm³/mol. The zero-order valence-electron chi connectivity index (χ0n) is 10.8. The van der Waals surface area contributed by atoms with E-state index in [-0.39, 0.29) is 11.3 Å². The van der Waals surface area contributed by atoms with Crippen LogP contribution in [0.4, 0.5) is 14.5 Å². The number of hydrogen-bond acceptors (Lipinski definition) is 3. The Hall–Kier alpha value is -1.67. The first-order chi connectivity index (χ1) is 9.13. The lowest BCUT2D eigenvalue weighted by molar-refractivity contribution is 0.131. The first-order valence-electron chi connectivity index (χ1n) is 6.30. The van der Waals surface area contributed by atoms with Gasteiger partial charge in [-0.2, -0.15) is 5.26 Å². The number of hydrogen-bond donors (Lipinski definition) is 0. The summed E-state index contributed by atoms with van der Waals surface area (Å²) in [4.78, 5) is 1.59. The van der Waals surface area contributed by atoms with Crippen molar-refractivity contribution in [2.24, 2.45) is 5.92 Å². The van der Waals surface area contributed by atoms with Crippen LogP contribution in [0.5, 0.6) is 0 Å². The molecule has 2 rings (SSSR count).